The monoisotopic (exact) mass is 257 g/mol. The van der Waals surface area contributed by atoms with Crippen molar-refractivity contribution in [3.05, 3.63) is 0 Å². The van der Waals surface area contributed by atoms with Gasteiger partial charge in [-0.2, -0.15) is 0 Å². The summed E-state index contributed by atoms with van der Waals surface area (Å²) in [5.41, 5.74) is -1.39. The zero-order valence-electron chi connectivity index (χ0n) is 11.1. The number of carbonyl (C=O) groups excluding carboxylic acids is 1. The van der Waals surface area contributed by atoms with Crippen molar-refractivity contribution in [3.8, 4) is 0 Å². The van der Waals surface area contributed by atoms with Crippen LogP contribution in [-0.4, -0.2) is 34.2 Å². The molecular weight excluding hydrogens is 234 g/mol. The lowest BCUT2D eigenvalue weighted by Crippen LogP contribution is -2.44. The van der Waals surface area contributed by atoms with Crippen LogP contribution in [0.2, 0.25) is 0 Å². The number of carbonyl (C=O) groups is 2. The van der Waals surface area contributed by atoms with Crippen LogP contribution in [0.25, 0.3) is 0 Å². The SMILES string of the molecule is CC1CCC(C(=O)NCC(C)(O)CC(=O)O)CC1. The lowest BCUT2D eigenvalue weighted by atomic mass is 9.82. The van der Waals surface area contributed by atoms with E-state index in [0.717, 1.165) is 25.7 Å². The molecule has 0 aliphatic heterocycles. The van der Waals surface area contributed by atoms with E-state index in [4.69, 9.17) is 5.11 Å². The van der Waals surface area contributed by atoms with Crippen molar-refractivity contribution in [2.75, 3.05) is 6.54 Å². The molecule has 5 nitrogen and oxygen atoms in total. The topological polar surface area (TPSA) is 86.6 Å². The number of carboxylic acids is 1. The van der Waals surface area contributed by atoms with Crippen LogP contribution < -0.4 is 5.32 Å². The van der Waals surface area contributed by atoms with Crippen LogP contribution in [0.4, 0.5) is 0 Å². The average Bonchev–Trinajstić information content (AvgIpc) is 2.25. The van der Waals surface area contributed by atoms with Gasteiger partial charge in [-0.15, -0.1) is 0 Å². The second-order valence-corrected chi connectivity index (χ2v) is 5.74. The van der Waals surface area contributed by atoms with Gasteiger partial charge in [-0.1, -0.05) is 6.92 Å². The van der Waals surface area contributed by atoms with Crippen LogP contribution in [0, 0.1) is 11.8 Å². The van der Waals surface area contributed by atoms with E-state index in [1.165, 1.54) is 6.92 Å². The molecule has 1 aliphatic carbocycles. The van der Waals surface area contributed by atoms with Crippen molar-refractivity contribution in [2.24, 2.45) is 11.8 Å². The molecule has 0 bridgehead atoms. The van der Waals surface area contributed by atoms with Gasteiger partial charge in [0.25, 0.3) is 0 Å². The molecule has 1 rings (SSSR count). The molecule has 104 valence electrons. The molecule has 0 aromatic carbocycles. The minimum absolute atomic E-state index is 0.00974. The number of aliphatic hydroxyl groups is 1. The highest BCUT2D eigenvalue weighted by Gasteiger charge is 2.28. The van der Waals surface area contributed by atoms with Gasteiger partial charge in [0.1, 0.15) is 0 Å². The van der Waals surface area contributed by atoms with Gasteiger partial charge in [0.05, 0.1) is 12.0 Å². The van der Waals surface area contributed by atoms with Crippen LogP contribution in [0.5, 0.6) is 0 Å². The Labute approximate surface area is 108 Å². The largest absolute Gasteiger partial charge is 0.481 e. The molecule has 3 N–H and O–H groups in total. The maximum atomic E-state index is 11.9. The summed E-state index contributed by atoms with van der Waals surface area (Å²) in [5, 5.41) is 21.1. The highest BCUT2D eigenvalue weighted by molar-refractivity contribution is 5.79. The predicted molar refractivity (Wildman–Crippen MR) is 67.0 cm³/mol. The fourth-order valence-corrected chi connectivity index (χ4v) is 2.33. The number of carboxylic acid groups (broad SMARTS) is 1. The zero-order valence-corrected chi connectivity index (χ0v) is 11.1. The maximum Gasteiger partial charge on any atom is 0.306 e. The summed E-state index contributed by atoms with van der Waals surface area (Å²) >= 11 is 0. The number of amides is 1. The second kappa shape index (κ2) is 6.18. The van der Waals surface area contributed by atoms with E-state index in [2.05, 4.69) is 12.2 Å². The molecule has 5 heteroatoms. The molecule has 1 saturated carbocycles. The second-order valence-electron chi connectivity index (χ2n) is 5.74. The van der Waals surface area contributed by atoms with Crippen molar-refractivity contribution in [3.63, 3.8) is 0 Å². The van der Waals surface area contributed by atoms with E-state index in [-0.39, 0.29) is 24.8 Å². The molecule has 1 amide bonds. The van der Waals surface area contributed by atoms with Crippen molar-refractivity contribution in [1.82, 2.24) is 5.32 Å². The van der Waals surface area contributed by atoms with Crippen LogP contribution in [0.15, 0.2) is 0 Å². The Bertz CT molecular complexity index is 306. The summed E-state index contributed by atoms with van der Waals surface area (Å²) in [4.78, 5) is 22.4. The molecule has 1 aliphatic rings. The molecule has 0 radical (unpaired) electrons. The third-order valence-electron chi connectivity index (χ3n) is 3.56. The molecule has 1 atom stereocenters. The van der Waals surface area contributed by atoms with E-state index in [1.807, 2.05) is 0 Å². The maximum absolute atomic E-state index is 11.9. The lowest BCUT2D eigenvalue weighted by Gasteiger charge is -2.27. The first-order valence-electron chi connectivity index (χ1n) is 6.52. The Hall–Kier alpha value is -1.10. The van der Waals surface area contributed by atoms with Crippen molar-refractivity contribution in [2.45, 2.75) is 51.6 Å². The van der Waals surface area contributed by atoms with Gasteiger partial charge in [-0.05, 0) is 38.5 Å². The molecule has 18 heavy (non-hydrogen) atoms. The van der Waals surface area contributed by atoms with E-state index in [9.17, 15) is 14.7 Å². The first-order chi connectivity index (χ1) is 8.30. The predicted octanol–water partition coefficient (Wildman–Crippen LogP) is 1.15. The van der Waals surface area contributed by atoms with E-state index in [1.54, 1.807) is 0 Å². The van der Waals surface area contributed by atoms with Gasteiger partial charge in [-0.25, -0.2) is 0 Å². The third kappa shape index (κ3) is 5.04. The molecular formula is C13H23NO4. The Kier molecular flexibility index (Phi) is 5.14. The van der Waals surface area contributed by atoms with E-state index in [0.29, 0.717) is 5.92 Å². The van der Waals surface area contributed by atoms with Crippen molar-refractivity contribution < 1.29 is 19.8 Å². The molecule has 0 aromatic rings. The molecule has 0 saturated heterocycles. The van der Waals surface area contributed by atoms with Gasteiger partial charge in [-0.3, -0.25) is 9.59 Å². The molecule has 0 heterocycles. The Morgan fingerprint density at radius 2 is 1.83 bits per heavy atom. The Morgan fingerprint density at radius 1 is 1.28 bits per heavy atom. The summed E-state index contributed by atoms with van der Waals surface area (Å²) in [6.45, 7) is 3.60. The van der Waals surface area contributed by atoms with Gasteiger partial charge < -0.3 is 15.5 Å². The number of rotatable bonds is 5. The number of nitrogens with one attached hydrogen (secondary N) is 1. The van der Waals surface area contributed by atoms with Crippen LogP contribution in [0.3, 0.4) is 0 Å². The molecule has 0 aromatic heterocycles. The van der Waals surface area contributed by atoms with E-state index >= 15 is 0 Å². The van der Waals surface area contributed by atoms with Gasteiger partial charge in [0.2, 0.25) is 5.91 Å². The first-order valence-corrected chi connectivity index (χ1v) is 6.52. The fourth-order valence-electron chi connectivity index (χ4n) is 2.33. The van der Waals surface area contributed by atoms with Crippen molar-refractivity contribution >= 4 is 11.9 Å². The lowest BCUT2D eigenvalue weighted by molar-refractivity contribution is -0.142. The standard InChI is InChI=1S/C13H23NO4/c1-9-3-5-10(6-4-9)12(17)14-8-13(2,18)7-11(15)16/h9-10,18H,3-8H2,1-2H3,(H,14,17)(H,15,16). The van der Waals surface area contributed by atoms with Crippen LogP contribution >= 0.6 is 0 Å². The quantitative estimate of drug-likeness (QED) is 0.689. The Morgan fingerprint density at radius 3 is 2.33 bits per heavy atom. The average molecular weight is 257 g/mol. The highest BCUT2D eigenvalue weighted by Crippen LogP contribution is 2.28. The number of hydrogen-bond donors (Lipinski definition) is 3. The molecule has 0 spiro atoms. The number of aliphatic carboxylic acids is 1. The third-order valence-corrected chi connectivity index (χ3v) is 3.56. The van der Waals surface area contributed by atoms with Gasteiger partial charge in [0, 0.05) is 12.5 Å². The summed E-state index contributed by atoms with van der Waals surface area (Å²) in [6, 6.07) is 0. The first kappa shape index (κ1) is 15.0. The summed E-state index contributed by atoms with van der Waals surface area (Å²) < 4.78 is 0. The number of hydrogen-bond acceptors (Lipinski definition) is 3. The van der Waals surface area contributed by atoms with Crippen LogP contribution in [0.1, 0.15) is 46.0 Å². The van der Waals surface area contributed by atoms with E-state index < -0.39 is 11.6 Å². The highest BCUT2D eigenvalue weighted by atomic mass is 16.4. The van der Waals surface area contributed by atoms with Crippen molar-refractivity contribution in [1.29, 1.82) is 0 Å². The molecule has 1 fully saturated rings. The smallest absolute Gasteiger partial charge is 0.306 e. The minimum atomic E-state index is -1.39. The zero-order chi connectivity index (χ0) is 13.8. The summed E-state index contributed by atoms with van der Waals surface area (Å²) in [5.74, 6) is -0.431. The summed E-state index contributed by atoms with van der Waals surface area (Å²) in [7, 11) is 0. The van der Waals surface area contributed by atoms with Gasteiger partial charge >= 0.3 is 5.97 Å². The normalized spacial score (nSPS) is 27.3. The molecule has 1 unspecified atom stereocenters. The van der Waals surface area contributed by atoms with Crippen LogP contribution in [-0.2, 0) is 9.59 Å². The van der Waals surface area contributed by atoms with Gasteiger partial charge in [0.15, 0.2) is 0 Å². The summed E-state index contributed by atoms with van der Waals surface area (Å²) in [6.07, 6.45) is 3.52. The fraction of sp³-hybridized carbons (Fsp3) is 0.846. The Balaban J connectivity index is 2.34. The minimum Gasteiger partial charge on any atom is -0.481 e.